The van der Waals surface area contributed by atoms with Crippen LogP contribution in [-0.2, 0) is 18.4 Å². The number of carbonyl (C=O) groups is 1. The monoisotopic (exact) mass is 846 g/mol. The van der Waals surface area contributed by atoms with E-state index in [1.165, 1.54) is 161 Å². The molecule has 0 heterocycles. The number of hydrogen-bond acceptors (Lipinski definition) is 6. The first-order valence-electron chi connectivity index (χ1n) is 24.5. The number of amides is 1. The van der Waals surface area contributed by atoms with Crippen molar-refractivity contribution in [2.45, 2.75) is 244 Å². The van der Waals surface area contributed by atoms with E-state index in [9.17, 15) is 24.5 Å². The van der Waals surface area contributed by atoms with Gasteiger partial charge in [-0.05, 0) is 25.2 Å². The number of nitrogens with one attached hydrogen (secondary N) is 1. The molecule has 0 spiro atoms. The molecule has 4 N–H and O–H groups in total. The molecule has 0 fully saturated rings. The summed E-state index contributed by atoms with van der Waals surface area (Å²) in [4.78, 5) is 23.2. The van der Waals surface area contributed by atoms with Gasteiger partial charge in [-0.1, -0.05) is 219 Å². The number of carbonyl (C=O) groups excluding carboxylic acids is 1. The van der Waals surface area contributed by atoms with E-state index in [0.29, 0.717) is 17.4 Å². The number of nitrogens with zero attached hydrogens (tertiary/aromatic N) is 1. The quantitative estimate of drug-likeness (QED) is 0.0208. The van der Waals surface area contributed by atoms with Crippen molar-refractivity contribution < 1.29 is 38.0 Å². The number of quaternary nitrogens is 1. The van der Waals surface area contributed by atoms with Gasteiger partial charge in [0, 0.05) is 0 Å². The summed E-state index contributed by atoms with van der Waals surface area (Å²) >= 11 is 0. The molecule has 0 saturated heterocycles. The Morgan fingerprint density at radius 2 is 1.02 bits per heavy atom. The molecule has 0 bridgehead atoms. The van der Waals surface area contributed by atoms with Gasteiger partial charge >= 0.3 is 7.82 Å². The Morgan fingerprint density at radius 1 is 0.621 bits per heavy atom. The maximum absolute atomic E-state index is 13.0. The zero-order chi connectivity index (χ0) is 43.2. The van der Waals surface area contributed by atoms with Crippen LogP contribution in [0.2, 0.25) is 0 Å². The van der Waals surface area contributed by atoms with Gasteiger partial charge < -0.3 is 24.9 Å². The third kappa shape index (κ3) is 40.6. The largest absolute Gasteiger partial charge is 0.472 e. The summed E-state index contributed by atoms with van der Waals surface area (Å²) in [5, 5.41) is 24.3. The van der Waals surface area contributed by atoms with E-state index in [2.05, 4.69) is 26.1 Å². The molecule has 9 nitrogen and oxygen atoms in total. The Balaban J connectivity index is 4.32. The van der Waals surface area contributed by atoms with Crippen LogP contribution in [0.4, 0.5) is 0 Å². The highest BCUT2D eigenvalue weighted by Gasteiger charge is 2.29. The number of hydrogen-bond donors (Lipinski definition) is 4. The highest BCUT2D eigenvalue weighted by atomic mass is 31.2. The summed E-state index contributed by atoms with van der Waals surface area (Å²) < 4.78 is 23.5. The lowest BCUT2D eigenvalue weighted by Crippen LogP contribution is -2.49. The Hall–Kier alpha value is -0.800. The maximum Gasteiger partial charge on any atom is 0.472 e. The number of unbranched alkanes of at least 4 members (excludes halogenated alkanes) is 28. The molecule has 10 heteroatoms. The average molecular weight is 846 g/mol. The summed E-state index contributed by atoms with van der Waals surface area (Å²) in [6.07, 6.45) is 40.8. The molecule has 0 radical (unpaired) electrons. The van der Waals surface area contributed by atoms with Crippen molar-refractivity contribution in [2.24, 2.45) is 5.92 Å². The predicted molar refractivity (Wildman–Crippen MR) is 246 cm³/mol. The molecule has 2 unspecified atom stereocenters. The molecule has 0 aromatic rings. The predicted octanol–water partition coefficient (Wildman–Crippen LogP) is 12.7. The number of aliphatic hydroxyl groups is 2. The zero-order valence-electron chi connectivity index (χ0n) is 39.1. The van der Waals surface area contributed by atoms with Gasteiger partial charge in [0.1, 0.15) is 19.3 Å². The van der Waals surface area contributed by atoms with Gasteiger partial charge in [-0.2, -0.15) is 0 Å². The van der Waals surface area contributed by atoms with Crippen LogP contribution in [0.25, 0.3) is 0 Å². The number of allylic oxidation sites excluding steroid dienone is 1. The molecule has 58 heavy (non-hydrogen) atoms. The van der Waals surface area contributed by atoms with Crippen LogP contribution in [0.15, 0.2) is 12.2 Å². The Bertz CT molecular complexity index is 990. The van der Waals surface area contributed by atoms with Crippen LogP contribution in [-0.4, -0.2) is 84.6 Å². The molecule has 346 valence electrons. The van der Waals surface area contributed by atoms with Gasteiger partial charge in [0.15, 0.2) is 0 Å². The average Bonchev–Trinajstić information content (AvgIpc) is 3.16. The fraction of sp³-hybridized carbons (Fsp3) is 0.938. The third-order valence-electron chi connectivity index (χ3n) is 11.3. The van der Waals surface area contributed by atoms with Crippen molar-refractivity contribution in [1.29, 1.82) is 0 Å². The minimum atomic E-state index is -4.41. The number of rotatable bonds is 44. The van der Waals surface area contributed by atoms with E-state index in [-0.39, 0.29) is 6.61 Å². The second-order valence-electron chi connectivity index (χ2n) is 18.8. The lowest BCUT2D eigenvalue weighted by molar-refractivity contribution is -0.870. The number of phosphoric acid groups is 1. The van der Waals surface area contributed by atoms with Crippen molar-refractivity contribution in [2.75, 3.05) is 40.9 Å². The molecular weight excluding hydrogens is 748 g/mol. The summed E-state index contributed by atoms with van der Waals surface area (Å²) in [6.45, 7) is 6.92. The second kappa shape index (κ2) is 39.1. The normalized spacial score (nSPS) is 14.9. The van der Waals surface area contributed by atoms with Crippen molar-refractivity contribution in [3.05, 3.63) is 12.2 Å². The van der Waals surface area contributed by atoms with E-state index < -0.39 is 38.6 Å². The lowest BCUT2D eigenvalue weighted by atomic mass is 10.0. The van der Waals surface area contributed by atoms with E-state index in [1.807, 2.05) is 27.2 Å². The van der Waals surface area contributed by atoms with Gasteiger partial charge in [-0.15, -0.1) is 0 Å². The van der Waals surface area contributed by atoms with Crippen molar-refractivity contribution >= 4 is 13.7 Å². The topological polar surface area (TPSA) is 125 Å². The lowest BCUT2D eigenvalue weighted by Gasteiger charge is -2.26. The first-order valence-corrected chi connectivity index (χ1v) is 26.0. The van der Waals surface area contributed by atoms with E-state index in [4.69, 9.17) is 9.05 Å². The zero-order valence-corrected chi connectivity index (χ0v) is 40.0. The highest BCUT2D eigenvalue weighted by Crippen LogP contribution is 2.43. The van der Waals surface area contributed by atoms with Crippen molar-refractivity contribution in [3.63, 3.8) is 0 Å². The van der Waals surface area contributed by atoms with Gasteiger partial charge in [-0.25, -0.2) is 4.57 Å². The van der Waals surface area contributed by atoms with E-state index in [1.54, 1.807) is 6.08 Å². The van der Waals surface area contributed by atoms with Crippen molar-refractivity contribution in [3.8, 4) is 0 Å². The summed E-state index contributed by atoms with van der Waals surface area (Å²) in [6, 6.07) is -1.02. The summed E-state index contributed by atoms with van der Waals surface area (Å²) in [5.74, 6) is 0.163. The van der Waals surface area contributed by atoms with Crippen LogP contribution in [0.5, 0.6) is 0 Å². The molecule has 0 aliphatic carbocycles. The van der Waals surface area contributed by atoms with E-state index >= 15 is 0 Å². The molecule has 0 aromatic carbocycles. The Labute approximate surface area is 359 Å². The molecule has 4 atom stereocenters. The first kappa shape index (κ1) is 57.2. The SMILES string of the molecule is CCCCCCCCCCCCCCCCCCCCCCCCC(O)C(=O)N[C@@H](COP(=O)(O)OCC[N+](C)(C)C)[C@H](O)/C=C/CCCCCCCCCC(C)C. The number of likely N-dealkylation sites (N-methyl/N-ethyl adjacent to an activating group) is 1. The first-order chi connectivity index (χ1) is 27.8. The standard InChI is InChI=1S/C48H97N2O7P/c1-7-8-9-10-11-12-13-14-15-16-17-18-19-20-21-22-23-24-27-31-34-37-40-47(52)48(53)49-45(43-57-58(54,55)56-42-41-50(4,5)6)46(51)39-36-33-30-28-25-26-29-32-35-38-44(2)3/h36,39,44-47,51-52H,7-35,37-38,40-43H2,1-6H3,(H-,49,53,54,55)/p+1/b39-36+/t45-,46+,47?/m0/s1. The van der Waals surface area contributed by atoms with Crippen LogP contribution in [0, 0.1) is 5.92 Å². The Morgan fingerprint density at radius 3 is 1.43 bits per heavy atom. The van der Waals surface area contributed by atoms with Crippen LogP contribution < -0.4 is 5.32 Å². The van der Waals surface area contributed by atoms with Gasteiger partial charge in [0.2, 0.25) is 5.91 Å². The Kier molecular flexibility index (Phi) is 38.5. The third-order valence-corrected chi connectivity index (χ3v) is 12.3. The fourth-order valence-electron chi connectivity index (χ4n) is 7.29. The minimum Gasteiger partial charge on any atom is -0.387 e. The molecule has 0 aliphatic rings. The molecule has 1 amide bonds. The van der Waals surface area contributed by atoms with Crippen molar-refractivity contribution in [1.82, 2.24) is 5.32 Å². The molecule has 0 aromatic heterocycles. The summed E-state index contributed by atoms with van der Waals surface area (Å²) in [7, 11) is 1.43. The number of phosphoric ester groups is 1. The number of aliphatic hydroxyl groups excluding tert-OH is 2. The minimum absolute atomic E-state index is 0.0208. The van der Waals surface area contributed by atoms with Crippen LogP contribution in [0.3, 0.4) is 0 Å². The fourth-order valence-corrected chi connectivity index (χ4v) is 8.03. The second-order valence-corrected chi connectivity index (χ2v) is 20.3. The maximum atomic E-state index is 13.0. The van der Waals surface area contributed by atoms with Crippen LogP contribution >= 0.6 is 7.82 Å². The van der Waals surface area contributed by atoms with Gasteiger partial charge in [0.05, 0.1) is 39.9 Å². The van der Waals surface area contributed by atoms with Gasteiger partial charge in [0.25, 0.3) is 0 Å². The highest BCUT2D eigenvalue weighted by molar-refractivity contribution is 7.47. The van der Waals surface area contributed by atoms with Gasteiger partial charge in [-0.3, -0.25) is 13.8 Å². The molecular formula is C48H98N2O7P+. The molecule has 0 saturated carbocycles. The van der Waals surface area contributed by atoms with Crippen LogP contribution in [0.1, 0.15) is 226 Å². The summed E-state index contributed by atoms with van der Waals surface area (Å²) in [5.41, 5.74) is 0. The smallest absolute Gasteiger partial charge is 0.387 e. The molecule has 0 aliphatic heterocycles. The molecule has 0 rings (SSSR count). The van der Waals surface area contributed by atoms with E-state index in [0.717, 1.165) is 44.4 Å².